The number of nitrogens with one attached hydrogen (secondary N) is 1. The molecule has 0 aliphatic carbocycles. The summed E-state index contributed by atoms with van der Waals surface area (Å²) in [7, 11) is 1.58. The minimum atomic E-state index is -0.445. The lowest BCUT2D eigenvalue weighted by Crippen LogP contribution is -2.32. The van der Waals surface area contributed by atoms with Crippen molar-refractivity contribution in [2.24, 2.45) is 0 Å². The molecule has 142 valence electrons. The van der Waals surface area contributed by atoms with E-state index in [2.05, 4.69) is 5.32 Å². The summed E-state index contributed by atoms with van der Waals surface area (Å²) in [6.45, 7) is 0. The molecule has 7 heteroatoms. The Labute approximate surface area is 171 Å². The molecule has 29 heavy (non-hydrogen) atoms. The Morgan fingerprint density at radius 3 is 2.31 bits per heavy atom. The number of thiophene rings is 1. The van der Waals surface area contributed by atoms with E-state index >= 15 is 0 Å². The smallest absolute Gasteiger partial charge is 0.282 e. The number of ether oxygens (including phenoxy) is 1. The number of rotatable bonds is 5. The van der Waals surface area contributed by atoms with Crippen molar-refractivity contribution in [3.05, 3.63) is 82.2 Å². The van der Waals surface area contributed by atoms with E-state index in [9.17, 15) is 9.59 Å². The highest BCUT2D eigenvalue weighted by Crippen LogP contribution is 2.35. The minimum absolute atomic E-state index is 0.215. The molecule has 2 aromatic carbocycles. The van der Waals surface area contributed by atoms with Crippen LogP contribution in [-0.2, 0) is 9.59 Å². The number of benzene rings is 2. The third-order valence-electron chi connectivity index (χ3n) is 4.47. The number of hydrogen-bond acceptors (Lipinski definition) is 6. The van der Waals surface area contributed by atoms with E-state index in [4.69, 9.17) is 10.00 Å². The molecule has 4 rings (SSSR count). The van der Waals surface area contributed by atoms with E-state index in [0.29, 0.717) is 33.1 Å². The first-order valence-corrected chi connectivity index (χ1v) is 9.58. The largest absolute Gasteiger partial charge is 0.497 e. The second kappa shape index (κ2) is 7.62. The van der Waals surface area contributed by atoms with Gasteiger partial charge in [-0.3, -0.25) is 9.59 Å². The lowest BCUT2D eigenvalue weighted by atomic mass is 10.1. The molecule has 2 amide bonds. The van der Waals surface area contributed by atoms with Crippen LogP contribution in [0.5, 0.6) is 5.75 Å². The van der Waals surface area contributed by atoms with Gasteiger partial charge in [-0.1, -0.05) is 6.07 Å². The van der Waals surface area contributed by atoms with Gasteiger partial charge in [0.05, 0.1) is 30.0 Å². The first-order chi connectivity index (χ1) is 14.1. The highest BCUT2D eigenvalue weighted by molar-refractivity contribution is 7.11. The second-order valence-corrected chi connectivity index (χ2v) is 7.13. The zero-order valence-electron chi connectivity index (χ0n) is 15.4. The number of carbonyl (C=O) groups excluding carboxylic acids is 2. The van der Waals surface area contributed by atoms with Gasteiger partial charge in [-0.15, -0.1) is 11.3 Å². The number of amides is 2. The summed E-state index contributed by atoms with van der Waals surface area (Å²) in [4.78, 5) is 28.2. The Balaban J connectivity index is 1.74. The van der Waals surface area contributed by atoms with Crippen LogP contribution in [0.3, 0.4) is 0 Å². The fourth-order valence-electron chi connectivity index (χ4n) is 3.03. The molecule has 0 saturated heterocycles. The average Bonchev–Trinajstić information content (AvgIpc) is 3.36. The van der Waals surface area contributed by atoms with Gasteiger partial charge in [-0.25, -0.2) is 4.90 Å². The van der Waals surface area contributed by atoms with Crippen LogP contribution in [0.4, 0.5) is 11.4 Å². The average molecular weight is 401 g/mol. The Bertz CT molecular complexity index is 1140. The van der Waals surface area contributed by atoms with Crippen molar-refractivity contribution >= 4 is 40.1 Å². The number of methoxy groups -OCH3 is 1. The van der Waals surface area contributed by atoms with Crippen molar-refractivity contribution < 1.29 is 14.3 Å². The SMILES string of the molecule is COc1ccc(NC2=C(c3cccs3)C(=O)N(c3ccc(C#N)cc3)C2=O)cc1. The van der Waals surface area contributed by atoms with Crippen molar-refractivity contribution in [3.8, 4) is 11.8 Å². The Morgan fingerprint density at radius 2 is 1.72 bits per heavy atom. The molecule has 1 aliphatic heterocycles. The Morgan fingerprint density at radius 1 is 1.00 bits per heavy atom. The lowest BCUT2D eigenvalue weighted by Gasteiger charge is -2.15. The fourth-order valence-corrected chi connectivity index (χ4v) is 3.80. The summed E-state index contributed by atoms with van der Waals surface area (Å²) in [5.74, 6) is -0.159. The minimum Gasteiger partial charge on any atom is -0.497 e. The van der Waals surface area contributed by atoms with E-state index in [0.717, 1.165) is 4.90 Å². The van der Waals surface area contributed by atoms with E-state index in [1.807, 2.05) is 23.6 Å². The third kappa shape index (κ3) is 3.37. The molecule has 0 radical (unpaired) electrons. The second-order valence-electron chi connectivity index (χ2n) is 6.19. The summed E-state index contributed by atoms with van der Waals surface area (Å²) in [5.41, 5.74) is 2.07. The molecule has 6 nitrogen and oxygen atoms in total. The maximum Gasteiger partial charge on any atom is 0.282 e. The van der Waals surface area contributed by atoms with E-state index in [-0.39, 0.29) is 5.70 Å². The van der Waals surface area contributed by atoms with Gasteiger partial charge in [0.1, 0.15) is 11.4 Å². The molecule has 2 heterocycles. The third-order valence-corrected chi connectivity index (χ3v) is 5.35. The molecule has 0 unspecified atom stereocenters. The number of nitriles is 1. The Kier molecular flexibility index (Phi) is 4.85. The van der Waals surface area contributed by atoms with Gasteiger partial charge < -0.3 is 10.1 Å². The molecular weight excluding hydrogens is 386 g/mol. The molecule has 0 bridgehead atoms. The van der Waals surface area contributed by atoms with Crippen molar-refractivity contribution in [1.29, 1.82) is 5.26 Å². The fraction of sp³-hybridized carbons (Fsp3) is 0.0455. The molecule has 0 saturated carbocycles. The van der Waals surface area contributed by atoms with Crippen LogP contribution in [0.15, 0.2) is 71.7 Å². The zero-order valence-corrected chi connectivity index (χ0v) is 16.2. The molecule has 0 fully saturated rings. The molecule has 1 N–H and O–H groups in total. The zero-order chi connectivity index (χ0) is 20.4. The molecule has 1 aromatic heterocycles. The topological polar surface area (TPSA) is 82.4 Å². The van der Waals surface area contributed by atoms with Crippen LogP contribution in [0.2, 0.25) is 0 Å². The van der Waals surface area contributed by atoms with Crippen molar-refractivity contribution in [2.75, 3.05) is 17.3 Å². The van der Waals surface area contributed by atoms with Crippen LogP contribution >= 0.6 is 11.3 Å². The summed E-state index contributed by atoms with van der Waals surface area (Å²) in [6, 6.07) is 19.1. The van der Waals surface area contributed by atoms with E-state index in [1.165, 1.54) is 11.3 Å². The highest BCUT2D eigenvalue weighted by Gasteiger charge is 2.40. The summed E-state index contributed by atoms with van der Waals surface area (Å²) < 4.78 is 5.16. The monoisotopic (exact) mass is 401 g/mol. The lowest BCUT2D eigenvalue weighted by molar-refractivity contribution is -0.120. The number of anilines is 2. The van der Waals surface area contributed by atoms with Gasteiger partial charge in [0.2, 0.25) is 0 Å². The van der Waals surface area contributed by atoms with Gasteiger partial charge in [-0.05, 0) is 60.0 Å². The van der Waals surface area contributed by atoms with Gasteiger partial charge >= 0.3 is 0 Å². The molecule has 1 aliphatic rings. The van der Waals surface area contributed by atoms with Crippen molar-refractivity contribution in [3.63, 3.8) is 0 Å². The number of imide groups is 1. The van der Waals surface area contributed by atoms with Gasteiger partial charge in [0.15, 0.2) is 0 Å². The van der Waals surface area contributed by atoms with E-state index in [1.54, 1.807) is 55.6 Å². The predicted molar refractivity (Wildman–Crippen MR) is 112 cm³/mol. The summed E-state index contributed by atoms with van der Waals surface area (Å²) in [5, 5.41) is 13.9. The molecule has 0 atom stereocenters. The van der Waals surface area contributed by atoms with Crippen LogP contribution in [-0.4, -0.2) is 18.9 Å². The van der Waals surface area contributed by atoms with Gasteiger partial charge in [-0.2, -0.15) is 5.26 Å². The number of nitrogens with zero attached hydrogens (tertiary/aromatic N) is 2. The standard InChI is InChI=1S/C22H15N3O3S/c1-28-17-10-6-15(7-11-17)24-20-19(18-3-2-12-29-18)21(26)25(22(20)27)16-8-4-14(13-23)5-9-16/h2-12,24H,1H3. The first-order valence-electron chi connectivity index (χ1n) is 8.70. The quantitative estimate of drug-likeness (QED) is 0.653. The van der Waals surface area contributed by atoms with E-state index < -0.39 is 11.8 Å². The maximum atomic E-state index is 13.2. The number of carbonyl (C=O) groups is 2. The Hall–Kier alpha value is -3.89. The predicted octanol–water partition coefficient (Wildman–Crippen LogP) is 4.02. The van der Waals surface area contributed by atoms with Crippen LogP contribution in [0, 0.1) is 11.3 Å². The molecule has 3 aromatic rings. The normalized spacial score (nSPS) is 13.6. The van der Waals surface area contributed by atoms with Crippen molar-refractivity contribution in [2.45, 2.75) is 0 Å². The highest BCUT2D eigenvalue weighted by atomic mass is 32.1. The first kappa shape index (κ1) is 18.5. The summed E-state index contributed by atoms with van der Waals surface area (Å²) >= 11 is 1.39. The summed E-state index contributed by atoms with van der Waals surface area (Å²) in [6.07, 6.45) is 0. The maximum absolute atomic E-state index is 13.2. The van der Waals surface area contributed by atoms with Gasteiger partial charge in [0.25, 0.3) is 11.8 Å². The van der Waals surface area contributed by atoms with Crippen LogP contribution in [0.25, 0.3) is 5.57 Å². The van der Waals surface area contributed by atoms with Crippen LogP contribution < -0.4 is 15.0 Å². The van der Waals surface area contributed by atoms with Crippen LogP contribution in [0.1, 0.15) is 10.4 Å². The number of hydrogen-bond donors (Lipinski definition) is 1. The van der Waals surface area contributed by atoms with Crippen molar-refractivity contribution in [1.82, 2.24) is 0 Å². The van der Waals surface area contributed by atoms with Gasteiger partial charge in [0, 0.05) is 10.6 Å². The molecular formula is C22H15N3O3S. The molecule has 0 spiro atoms.